The minimum absolute atomic E-state index is 0.0573. The van der Waals surface area contributed by atoms with Crippen molar-refractivity contribution in [1.29, 1.82) is 0 Å². The van der Waals surface area contributed by atoms with Gasteiger partial charge in [0.25, 0.3) is 5.56 Å². The van der Waals surface area contributed by atoms with Gasteiger partial charge in [0.2, 0.25) is 0 Å². The number of aromatic nitrogens is 2. The fourth-order valence-electron chi connectivity index (χ4n) is 3.52. The molecule has 5 rings (SSSR count). The van der Waals surface area contributed by atoms with Gasteiger partial charge in [0.05, 0.1) is 28.8 Å². The maximum Gasteiger partial charge on any atom is 0.274 e. The summed E-state index contributed by atoms with van der Waals surface area (Å²) in [5.41, 5.74) is 2.48. The van der Waals surface area contributed by atoms with Crippen LogP contribution in [-0.2, 0) is 0 Å². The fourth-order valence-corrected chi connectivity index (χ4v) is 4.50. The van der Waals surface area contributed by atoms with E-state index in [-0.39, 0.29) is 11.5 Å². The van der Waals surface area contributed by atoms with E-state index in [1.165, 1.54) is 11.3 Å². The molecular formula is C26H22N2O3S. The topological polar surface area (TPSA) is 52.8 Å². The molecule has 0 unspecified atom stereocenters. The lowest BCUT2D eigenvalue weighted by Gasteiger charge is -2.15. The number of nitrogens with zero attached hydrogens (tertiary/aromatic N) is 2. The van der Waals surface area contributed by atoms with Gasteiger partial charge in [0.1, 0.15) is 11.5 Å². The lowest BCUT2D eigenvalue weighted by Crippen LogP contribution is -2.22. The summed E-state index contributed by atoms with van der Waals surface area (Å²) >= 11 is 1.39. The van der Waals surface area contributed by atoms with Crippen molar-refractivity contribution in [3.8, 4) is 11.5 Å². The van der Waals surface area contributed by atoms with Gasteiger partial charge >= 0.3 is 0 Å². The van der Waals surface area contributed by atoms with Gasteiger partial charge in [-0.05, 0) is 36.4 Å². The third-order valence-corrected chi connectivity index (χ3v) is 6.12. The average Bonchev–Trinajstić information content (AvgIpc) is 3.34. The van der Waals surface area contributed by atoms with Gasteiger partial charge in [0.15, 0.2) is 4.96 Å². The summed E-state index contributed by atoms with van der Waals surface area (Å²) in [6.45, 7) is 3.17. The molecule has 5 aromatic rings. The largest absolute Gasteiger partial charge is 0.493 e. The minimum atomic E-state index is -0.0573. The highest BCUT2D eigenvalue weighted by Gasteiger charge is 2.12. The highest BCUT2D eigenvalue weighted by molar-refractivity contribution is 7.15. The van der Waals surface area contributed by atoms with E-state index >= 15 is 0 Å². The molecule has 6 heteroatoms. The number of rotatable bonds is 7. The second-order valence-corrected chi connectivity index (χ2v) is 8.72. The van der Waals surface area contributed by atoms with Crippen molar-refractivity contribution in [2.24, 2.45) is 5.92 Å². The zero-order chi connectivity index (χ0) is 21.9. The van der Waals surface area contributed by atoms with Crippen molar-refractivity contribution in [2.75, 3.05) is 13.2 Å². The molecule has 32 heavy (non-hydrogen) atoms. The number of benzene rings is 3. The first-order valence-electron chi connectivity index (χ1n) is 10.5. The van der Waals surface area contributed by atoms with Crippen molar-refractivity contribution >= 4 is 33.4 Å². The van der Waals surface area contributed by atoms with Gasteiger partial charge in [-0.3, -0.25) is 4.79 Å². The van der Waals surface area contributed by atoms with Crippen LogP contribution >= 0.6 is 11.3 Å². The van der Waals surface area contributed by atoms with E-state index in [0.717, 1.165) is 28.1 Å². The predicted molar refractivity (Wildman–Crippen MR) is 129 cm³/mol. The van der Waals surface area contributed by atoms with Crippen LogP contribution in [0.15, 0.2) is 83.7 Å². The summed E-state index contributed by atoms with van der Waals surface area (Å²) in [5.74, 6) is 1.80. The fraction of sp³-hybridized carbons (Fsp3) is 0.154. The molecule has 0 aliphatic rings. The van der Waals surface area contributed by atoms with Crippen molar-refractivity contribution in [3.05, 3.63) is 99.3 Å². The van der Waals surface area contributed by atoms with E-state index in [0.29, 0.717) is 22.7 Å². The summed E-state index contributed by atoms with van der Waals surface area (Å²) in [6, 6.07) is 25.2. The number of hydrogen-bond donors (Lipinski definition) is 0. The zero-order valence-corrected chi connectivity index (χ0v) is 18.4. The van der Waals surface area contributed by atoms with Crippen molar-refractivity contribution in [1.82, 2.24) is 9.38 Å². The van der Waals surface area contributed by atoms with E-state index in [1.807, 2.05) is 84.9 Å². The molecule has 0 saturated heterocycles. The molecule has 0 N–H and O–H groups in total. The number of ether oxygens (including phenoxy) is 2. The standard InChI is InChI=1S/C26H22N2O3S/c1-18(16-30-20-10-3-2-4-11-20)17-31-23-14-8-5-9-19(23)15-24-25(29)28-22-13-7-6-12-21(22)27-26(28)32-24/h2-15,18H,16-17H2,1H3/b24-15-/t18-/m0/s1. The summed E-state index contributed by atoms with van der Waals surface area (Å²) in [4.78, 5) is 18.3. The zero-order valence-electron chi connectivity index (χ0n) is 17.6. The Morgan fingerprint density at radius 1 is 0.938 bits per heavy atom. The molecule has 0 aliphatic heterocycles. The number of imidazole rings is 1. The Labute approximate surface area is 189 Å². The van der Waals surface area contributed by atoms with Crippen molar-refractivity contribution in [2.45, 2.75) is 6.92 Å². The van der Waals surface area contributed by atoms with Gasteiger partial charge in [-0.25, -0.2) is 9.38 Å². The van der Waals surface area contributed by atoms with Crippen LogP contribution in [0.5, 0.6) is 11.5 Å². The monoisotopic (exact) mass is 442 g/mol. The SMILES string of the molecule is C[C@@H](COc1ccccc1)COc1ccccc1/C=c1\sc2nc3ccccc3n2c1=O. The van der Waals surface area contributed by atoms with Crippen LogP contribution in [0.2, 0.25) is 0 Å². The second-order valence-electron chi connectivity index (χ2n) is 7.71. The molecule has 0 amide bonds. The highest BCUT2D eigenvalue weighted by atomic mass is 32.1. The number of fused-ring (bicyclic) bond motifs is 3. The Bertz CT molecular complexity index is 1470. The quantitative estimate of drug-likeness (QED) is 0.371. The Morgan fingerprint density at radius 3 is 2.53 bits per heavy atom. The van der Waals surface area contributed by atoms with Gasteiger partial charge in [-0.2, -0.15) is 0 Å². The molecule has 1 atom stereocenters. The smallest absolute Gasteiger partial charge is 0.274 e. The first kappa shape index (κ1) is 20.3. The molecule has 5 nitrogen and oxygen atoms in total. The Balaban J connectivity index is 1.36. The average molecular weight is 443 g/mol. The van der Waals surface area contributed by atoms with Crippen LogP contribution in [0, 0.1) is 5.92 Å². The first-order valence-corrected chi connectivity index (χ1v) is 11.3. The molecule has 2 aromatic heterocycles. The van der Waals surface area contributed by atoms with Crippen molar-refractivity contribution in [3.63, 3.8) is 0 Å². The first-order chi connectivity index (χ1) is 15.7. The van der Waals surface area contributed by atoms with E-state index in [2.05, 4.69) is 11.9 Å². The second kappa shape index (κ2) is 8.85. The molecule has 160 valence electrons. The number of thiazole rings is 1. The predicted octanol–water partition coefficient (Wildman–Crippen LogP) is 4.55. The molecule has 0 fully saturated rings. The van der Waals surface area contributed by atoms with Crippen LogP contribution in [0.25, 0.3) is 22.1 Å². The summed E-state index contributed by atoms with van der Waals surface area (Å²) < 4.78 is 14.2. The van der Waals surface area contributed by atoms with Crippen LogP contribution in [-0.4, -0.2) is 22.6 Å². The summed E-state index contributed by atoms with van der Waals surface area (Å²) in [5, 5.41) is 0. The van der Waals surface area contributed by atoms with E-state index in [9.17, 15) is 4.79 Å². The van der Waals surface area contributed by atoms with Crippen LogP contribution < -0.4 is 19.6 Å². The van der Waals surface area contributed by atoms with Crippen molar-refractivity contribution < 1.29 is 9.47 Å². The lowest BCUT2D eigenvalue weighted by atomic mass is 10.2. The summed E-state index contributed by atoms with van der Waals surface area (Å²) in [7, 11) is 0. The van der Waals surface area contributed by atoms with Gasteiger partial charge in [-0.15, -0.1) is 0 Å². The van der Waals surface area contributed by atoms with Crippen LogP contribution in [0.4, 0.5) is 0 Å². The molecule has 0 radical (unpaired) electrons. The summed E-state index contributed by atoms with van der Waals surface area (Å²) in [6.07, 6.45) is 1.89. The normalized spacial score (nSPS) is 13.0. The molecular weight excluding hydrogens is 420 g/mol. The third-order valence-electron chi connectivity index (χ3n) is 5.15. The maximum atomic E-state index is 13.0. The molecule has 0 bridgehead atoms. The molecule has 0 spiro atoms. The Morgan fingerprint density at radius 2 is 1.66 bits per heavy atom. The van der Waals surface area contributed by atoms with Crippen LogP contribution in [0.3, 0.4) is 0 Å². The van der Waals surface area contributed by atoms with Gasteiger partial charge in [-0.1, -0.05) is 66.8 Å². The molecule has 0 saturated carbocycles. The van der Waals surface area contributed by atoms with E-state index < -0.39 is 0 Å². The van der Waals surface area contributed by atoms with Gasteiger partial charge in [0, 0.05) is 11.5 Å². The van der Waals surface area contributed by atoms with Gasteiger partial charge < -0.3 is 9.47 Å². The number of para-hydroxylation sites is 4. The van der Waals surface area contributed by atoms with E-state index in [4.69, 9.17) is 9.47 Å². The number of hydrogen-bond acceptors (Lipinski definition) is 5. The Hall–Kier alpha value is -3.64. The lowest BCUT2D eigenvalue weighted by molar-refractivity contribution is 0.188. The minimum Gasteiger partial charge on any atom is -0.493 e. The third kappa shape index (κ3) is 4.09. The highest BCUT2D eigenvalue weighted by Crippen LogP contribution is 2.21. The van der Waals surface area contributed by atoms with Crippen LogP contribution in [0.1, 0.15) is 12.5 Å². The molecule has 2 heterocycles. The Kier molecular flexibility index (Phi) is 5.60. The molecule has 3 aromatic carbocycles. The molecule has 0 aliphatic carbocycles. The maximum absolute atomic E-state index is 13.0. The van der Waals surface area contributed by atoms with E-state index in [1.54, 1.807) is 4.40 Å².